The third-order valence-electron chi connectivity index (χ3n) is 3.99. The molecule has 2 rings (SSSR count). The van der Waals surface area contributed by atoms with Gasteiger partial charge < -0.3 is 15.0 Å². The predicted octanol–water partition coefficient (Wildman–Crippen LogP) is 1.07. The van der Waals surface area contributed by atoms with Crippen LogP contribution in [0.2, 0.25) is 0 Å². The Balaban J connectivity index is 1.94. The van der Waals surface area contributed by atoms with Crippen molar-refractivity contribution >= 4 is 15.7 Å². The van der Waals surface area contributed by atoms with E-state index in [0.717, 1.165) is 19.4 Å². The minimum atomic E-state index is -3.34. The van der Waals surface area contributed by atoms with Crippen LogP contribution < -0.4 is 10.1 Å². The van der Waals surface area contributed by atoms with Gasteiger partial charge in [-0.3, -0.25) is 4.79 Å². The molecule has 128 valence electrons. The predicted molar refractivity (Wildman–Crippen MR) is 88.3 cm³/mol. The van der Waals surface area contributed by atoms with Gasteiger partial charge in [-0.15, -0.1) is 0 Å². The van der Waals surface area contributed by atoms with Crippen LogP contribution in [0.5, 0.6) is 5.75 Å². The van der Waals surface area contributed by atoms with Crippen LogP contribution in [0.25, 0.3) is 0 Å². The summed E-state index contributed by atoms with van der Waals surface area (Å²) in [5.41, 5.74) is 0. The number of amides is 1. The maximum Gasteiger partial charge on any atom is 0.217 e. The number of hydrogen-bond donors (Lipinski definition) is 1. The third kappa shape index (κ3) is 5.21. The van der Waals surface area contributed by atoms with Gasteiger partial charge in [0.15, 0.2) is 9.84 Å². The fourth-order valence-corrected chi connectivity index (χ4v) is 4.14. The van der Waals surface area contributed by atoms with E-state index in [1.807, 2.05) is 0 Å². The molecule has 7 heteroatoms. The molecule has 1 fully saturated rings. The SMILES string of the molecule is COc1cccc(S(=O)(=O)CCN2CCC[C@H](NC(C)=O)C2)c1. The van der Waals surface area contributed by atoms with E-state index in [9.17, 15) is 13.2 Å². The number of hydrogen-bond acceptors (Lipinski definition) is 5. The van der Waals surface area contributed by atoms with Crippen molar-refractivity contribution in [3.05, 3.63) is 24.3 Å². The van der Waals surface area contributed by atoms with Crippen LogP contribution in [0.1, 0.15) is 19.8 Å². The second-order valence-corrected chi connectivity index (χ2v) is 7.95. The molecule has 6 nitrogen and oxygen atoms in total. The minimum absolute atomic E-state index is 0.0409. The summed E-state index contributed by atoms with van der Waals surface area (Å²) in [6.45, 7) is 3.54. The molecule has 1 aliphatic rings. The van der Waals surface area contributed by atoms with Crippen LogP contribution in [0.4, 0.5) is 0 Å². The van der Waals surface area contributed by atoms with E-state index in [1.165, 1.54) is 14.0 Å². The van der Waals surface area contributed by atoms with Gasteiger partial charge in [0.25, 0.3) is 0 Å². The monoisotopic (exact) mass is 340 g/mol. The van der Waals surface area contributed by atoms with E-state index < -0.39 is 9.84 Å². The standard InChI is InChI=1S/C16H24N2O4S/c1-13(19)17-14-5-4-8-18(12-14)9-10-23(20,21)16-7-3-6-15(11-16)22-2/h3,6-7,11,14H,4-5,8-10,12H2,1-2H3,(H,17,19)/t14-/m0/s1. The smallest absolute Gasteiger partial charge is 0.217 e. The summed E-state index contributed by atoms with van der Waals surface area (Å²) in [5.74, 6) is 0.558. The van der Waals surface area contributed by atoms with E-state index in [4.69, 9.17) is 4.74 Å². The first kappa shape index (κ1) is 17.7. The maximum atomic E-state index is 12.5. The van der Waals surface area contributed by atoms with E-state index in [0.29, 0.717) is 18.8 Å². The summed E-state index contributed by atoms with van der Waals surface area (Å²) in [6, 6.07) is 6.65. The second kappa shape index (κ2) is 7.79. The molecule has 0 bridgehead atoms. The van der Waals surface area contributed by atoms with Crippen LogP contribution in [0.15, 0.2) is 29.2 Å². The zero-order valence-electron chi connectivity index (χ0n) is 13.6. The average Bonchev–Trinajstić information content (AvgIpc) is 2.53. The summed E-state index contributed by atoms with van der Waals surface area (Å²) in [7, 11) is -1.83. The van der Waals surface area contributed by atoms with Crippen LogP contribution >= 0.6 is 0 Å². The molecule has 1 aromatic carbocycles. The molecule has 0 saturated carbocycles. The highest BCUT2D eigenvalue weighted by molar-refractivity contribution is 7.91. The van der Waals surface area contributed by atoms with Crippen molar-refractivity contribution in [2.24, 2.45) is 0 Å². The molecule has 1 heterocycles. The first-order chi connectivity index (χ1) is 10.9. The number of sulfone groups is 1. The molecular formula is C16H24N2O4S. The van der Waals surface area contributed by atoms with E-state index in [-0.39, 0.29) is 22.6 Å². The molecule has 1 saturated heterocycles. The van der Waals surface area contributed by atoms with Gasteiger partial charge in [0.2, 0.25) is 5.91 Å². The molecule has 0 radical (unpaired) electrons. The largest absolute Gasteiger partial charge is 0.497 e. The first-order valence-corrected chi connectivity index (χ1v) is 9.42. The van der Waals surface area contributed by atoms with Crippen LogP contribution in [0, 0.1) is 0 Å². The number of nitrogens with zero attached hydrogens (tertiary/aromatic N) is 1. The number of carbonyl (C=O) groups excluding carboxylic acids is 1. The lowest BCUT2D eigenvalue weighted by molar-refractivity contribution is -0.120. The lowest BCUT2D eigenvalue weighted by Crippen LogP contribution is -2.48. The van der Waals surface area contributed by atoms with Gasteiger partial charge in [-0.25, -0.2) is 8.42 Å². The summed E-state index contributed by atoms with van der Waals surface area (Å²) in [5, 5.41) is 2.91. The topological polar surface area (TPSA) is 75.7 Å². The number of methoxy groups -OCH3 is 1. The number of likely N-dealkylation sites (tertiary alicyclic amines) is 1. The van der Waals surface area contributed by atoms with Crippen molar-refractivity contribution in [1.29, 1.82) is 0 Å². The Labute approximate surface area is 137 Å². The van der Waals surface area contributed by atoms with Gasteiger partial charge in [-0.2, -0.15) is 0 Å². The number of rotatable bonds is 6. The maximum absolute atomic E-state index is 12.5. The summed E-state index contributed by atoms with van der Waals surface area (Å²) in [6.07, 6.45) is 1.91. The fraction of sp³-hybridized carbons (Fsp3) is 0.562. The lowest BCUT2D eigenvalue weighted by atomic mass is 10.1. The van der Waals surface area contributed by atoms with Crippen LogP contribution in [0.3, 0.4) is 0 Å². The van der Waals surface area contributed by atoms with Crippen molar-refractivity contribution in [3.8, 4) is 5.75 Å². The van der Waals surface area contributed by atoms with E-state index in [2.05, 4.69) is 10.2 Å². The Hall–Kier alpha value is -1.60. The van der Waals surface area contributed by atoms with Gasteiger partial charge >= 0.3 is 0 Å². The number of carbonyl (C=O) groups is 1. The molecule has 1 N–H and O–H groups in total. The second-order valence-electron chi connectivity index (χ2n) is 5.84. The minimum Gasteiger partial charge on any atom is -0.497 e. The zero-order chi connectivity index (χ0) is 16.9. The van der Waals surface area contributed by atoms with Crippen molar-refractivity contribution in [2.75, 3.05) is 32.5 Å². The van der Waals surface area contributed by atoms with Crippen LogP contribution in [-0.2, 0) is 14.6 Å². The van der Waals surface area contributed by atoms with Crippen molar-refractivity contribution in [1.82, 2.24) is 10.2 Å². The quantitative estimate of drug-likeness (QED) is 0.838. The van der Waals surface area contributed by atoms with Gasteiger partial charge in [0, 0.05) is 26.1 Å². The molecule has 1 aliphatic heterocycles. The number of benzene rings is 1. The number of piperidine rings is 1. The van der Waals surface area contributed by atoms with Gasteiger partial charge in [-0.05, 0) is 37.6 Å². The molecule has 1 amide bonds. The average molecular weight is 340 g/mol. The van der Waals surface area contributed by atoms with Crippen molar-refractivity contribution in [3.63, 3.8) is 0 Å². The molecule has 0 aliphatic carbocycles. The highest BCUT2D eigenvalue weighted by Gasteiger charge is 2.23. The molecule has 0 unspecified atom stereocenters. The highest BCUT2D eigenvalue weighted by Crippen LogP contribution is 2.19. The van der Waals surface area contributed by atoms with Crippen molar-refractivity contribution < 1.29 is 17.9 Å². The Kier molecular flexibility index (Phi) is 6.01. The Morgan fingerprint density at radius 2 is 2.22 bits per heavy atom. The normalized spacial score (nSPS) is 19.3. The van der Waals surface area contributed by atoms with Crippen LogP contribution in [-0.4, -0.2) is 57.8 Å². The first-order valence-electron chi connectivity index (χ1n) is 7.77. The molecule has 1 atom stereocenters. The summed E-state index contributed by atoms with van der Waals surface area (Å²) in [4.78, 5) is 13.5. The summed E-state index contributed by atoms with van der Waals surface area (Å²) < 4.78 is 30.0. The molecule has 0 spiro atoms. The molecular weight excluding hydrogens is 316 g/mol. The van der Waals surface area contributed by atoms with Gasteiger partial charge in [-0.1, -0.05) is 6.07 Å². The highest BCUT2D eigenvalue weighted by atomic mass is 32.2. The van der Waals surface area contributed by atoms with Gasteiger partial charge in [0.1, 0.15) is 5.75 Å². The third-order valence-corrected chi connectivity index (χ3v) is 5.68. The fourth-order valence-electron chi connectivity index (χ4n) is 2.83. The molecule has 23 heavy (non-hydrogen) atoms. The van der Waals surface area contributed by atoms with Crippen molar-refractivity contribution in [2.45, 2.75) is 30.7 Å². The molecule has 0 aromatic heterocycles. The van der Waals surface area contributed by atoms with E-state index in [1.54, 1.807) is 24.3 Å². The number of nitrogens with one attached hydrogen (secondary N) is 1. The lowest BCUT2D eigenvalue weighted by Gasteiger charge is -2.32. The number of ether oxygens (including phenoxy) is 1. The Bertz CT molecular complexity index is 645. The Morgan fingerprint density at radius 3 is 2.91 bits per heavy atom. The zero-order valence-corrected chi connectivity index (χ0v) is 14.4. The van der Waals surface area contributed by atoms with Gasteiger partial charge in [0.05, 0.1) is 17.8 Å². The Morgan fingerprint density at radius 1 is 1.43 bits per heavy atom. The summed E-state index contributed by atoms with van der Waals surface area (Å²) >= 11 is 0. The molecule has 1 aromatic rings. The van der Waals surface area contributed by atoms with E-state index >= 15 is 0 Å².